The molecule has 1 fully saturated rings. The number of carbonyl (C=O) groups is 2. The first kappa shape index (κ1) is 20.9. The van der Waals surface area contributed by atoms with Crippen LogP contribution in [0.3, 0.4) is 0 Å². The minimum Gasteiger partial charge on any atom is -0.370 e. The Bertz CT molecular complexity index is 847. The number of aromatic nitrogens is 2. The van der Waals surface area contributed by atoms with Crippen LogP contribution in [0.2, 0.25) is 0 Å². The van der Waals surface area contributed by atoms with Crippen LogP contribution in [-0.2, 0) is 16.1 Å². The summed E-state index contributed by atoms with van der Waals surface area (Å²) in [5.74, 6) is -0.595. The minimum absolute atomic E-state index is 0.0539. The Balaban J connectivity index is 1.77. The maximum absolute atomic E-state index is 13.9. The highest BCUT2D eigenvalue weighted by Gasteiger charge is 2.32. The van der Waals surface area contributed by atoms with Gasteiger partial charge in [-0.2, -0.15) is 0 Å². The summed E-state index contributed by atoms with van der Waals surface area (Å²) in [5, 5.41) is 0. The number of amides is 2. The molecule has 0 bridgehead atoms. The average molecular weight is 400 g/mol. The van der Waals surface area contributed by atoms with Gasteiger partial charge in [-0.25, -0.2) is 9.37 Å². The smallest absolute Gasteiger partial charge is 0.274 e. The van der Waals surface area contributed by atoms with Crippen molar-refractivity contribution in [1.82, 2.24) is 19.8 Å². The molecule has 2 aromatic rings. The zero-order chi connectivity index (χ0) is 20.8. The van der Waals surface area contributed by atoms with Gasteiger partial charge in [-0.05, 0) is 12.0 Å². The van der Waals surface area contributed by atoms with Crippen molar-refractivity contribution in [3.63, 3.8) is 0 Å². The Morgan fingerprint density at radius 3 is 2.76 bits per heavy atom. The summed E-state index contributed by atoms with van der Waals surface area (Å²) < 4.78 is 19.9. The lowest BCUT2D eigenvalue weighted by Gasteiger charge is -2.26. The number of hydrogen-bond acceptors (Lipinski definition) is 5. The highest BCUT2D eigenvalue weighted by molar-refractivity contribution is 5.95. The molecular formula is C21H25FN4O3. The molecule has 8 heteroatoms. The molecule has 1 aromatic heterocycles. The fourth-order valence-electron chi connectivity index (χ4n) is 3.25. The molecule has 7 nitrogen and oxygen atoms in total. The van der Waals surface area contributed by atoms with Gasteiger partial charge in [-0.1, -0.05) is 32.0 Å². The highest BCUT2D eigenvalue weighted by atomic mass is 19.1. The molecule has 1 saturated heterocycles. The van der Waals surface area contributed by atoms with Crippen LogP contribution in [0.25, 0.3) is 0 Å². The van der Waals surface area contributed by atoms with E-state index >= 15 is 0 Å². The molecule has 2 heterocycles. The SMILES string of the molecule is CC(C)CN1C[C@H](OCc2ccccc2F)CN(C(=O)c2cnccn2)CC1=O. The van der Waals surface area contributed by atoms with Gasteiger partial charge in [0.25, 0.3) is 5.91 Å². The summed E-state index contributed by atoms with van der Waals surface area (Å²) in [4.78, 5) is 36.7. The second-order valence-corrected chi connectivity index (χ2v) is 7.49. The highest BCUT2D eigenvalue weighted by Crippen LogP contribution is 2.15. The van der Waals surface area contributed by atoms with Gasteiger partial charge >= 0.3 is 0 Å². The number of hydrogen-bond donors (Lipinski definition) is 0. The van der Waals surface area contributed by atoms with Crippen LogP contribution in [0.4, 0.5) is 4.39 Å². The van der Waals surface area contributed by atoms with Gasteiger partial charge in [0.05, 0.1) is 18.9 Å². The van der Waals surface area contributed by atoms with E-state index in [1.54, 1.807) is 23.1 Å². The molecule has 0 saturated carbocycles. The average Bonchev–Trinajstić information content (AvgIpc) is 2.86. The molecule has 0 radical (unpaired) electrons. The van der Waals surface area contributed by atoms with Gasteiger partial charge in [0.15, 0.2) is 0 Å². The number of carbonyl (C=O) groups excluding carboxylic acids is 2. The maximum atomic E-state index is 13.9. The fraction of sp³-hybridized carbons (Fsp3) is 0.429. The summed E-state index contributed by atoms with van der Waals surface area (Å²) in [6, 6.07) is 6.40. The van der Waals surface area contributed by atoms with Crippen LogP contribution in [0.15, 0.2) is 42.9 Å². The second kappa shape index (κ2) is 9.56. The topological polar surface area (TPSA) is 75.6 Å². The first-order valence-corrected chi connectivity index (χ1v) is 9.62. The van der Waals surface area contributed by atoms with E-state index in [4.69, 9.17) is 4.74 Å². The predicted molar refractivity (Wildman–Crippen MR) is 104 cm³/mol. The standard InChI is InChI=1S/C21H25FN4O3/c1-15(2)10-25-11-17(29-14-16-5-3-4-6-18(16)22)12-26(13-20(25)27)21(28)19-9-23-7-8-24-19/h3-9,15,17H,10-14H2,1-2H3/t17-/m0/s1. The van der Waals surface area contributed by atoms with E-state index in [0.717, 1.165) is 0 Å². The van der Waals surface area contributed by atoms with Gasteiger partial charge in [0.1, 0.15) is 18.1 Å². The van der Waals surface area contributed by atoms with Crippen LogP contribution < -0.4 is 0 Å². The molecule has 0 N–H and O–H groups in total. The summed E-state index contributed by atoms with van der Waals surface area (Å²) in [6.45, 7) is 5.17. The lowest BCUT2D eigenvalue weighted by molar-refractivity contribution is -0.132. The Hall–Kier alpha value is -2.87. The largest absolute Gasteiger partial charge is 0.370 e. The fourth-order valence-corrected chi connectivity index (χ4v) is 3.25. The third-order valence-electron chi connectivity index (χ3n) is 4.61. The molecule has 1 aliphatic rings. The van der Waals surface area contributed by atoms with E-state index in [-0.39, 0.29) is 48.9 Å². The first-order valence-electron chi connectivity index (χ1n) is 9.62. The molecule has 3 rings (SSSR count). The molecule has 1 aromatic carbocycles. The number of rotatable bonds is 6. The third kappa shape index (κ3) is 5.57. The van der Waals surface area contributed by atoms with E-state index in [1.165, 1.54) is 29.6 Å². The van der Waals surface area contributed by atoms with Gasteiger partial charge in [0.2, 0.25) is 5.91 Å². The van der Waals surface area contributed by atoms with E-state index in [0.29, 0.717) is 18.7 Å². The Kier molecular flexibility index (Phi) is 6.87. The third-order valence-corrected chi connectivity index (χ3v) is 4.61. The number of benzene rings is 1. The van der Waals surface area contributed by atoms with Crippen molar-refractivity contribution in [2.75, 3.05) is 26.2 Å². The zero-order valence-electron chi connectivity index (χ0n) is 16.6. The van der Waals surface area contributed by atoms with Crippen LogP contribution in [-0.4, -0.2) is 63.9 Å². The van der Waals surface area contributed by atoms with Gasteiger partial charge in [-0.3, -0.25) is 14.6 Å². The number of nitrogens with zero attached hydrogens (tertiary/aromatic N) is 4. The van der Waals surface area contributed by atoms with Crippen molar-refractivity contribution in [2.45, 2.75) is 26.6 Å². The van der Waals surface area contributed by atoms with Crippen molar-refractivity contribution in [3.8, 4) is 0 Å². The molecule has 0 unspecified atom stereocenters. The molecule has 29 heavy (non-hydrogen) atoms. The van der Waals surface area contributed by atoms with E-state index in [9.17, 15) is 14.0 Å². The maximum Gasteiger partial charge on any atom is 0.274 e. The van der Waals surface area contributed by atoms with Gasteiger partial charge in [-0.15, -0.1) is 0 Å². The summed E-state index contributed by atoms with van der Waals surface area (Å²) in [6.07, 6.45) is 3.85. The normalized spacial score (nSPS) is 17.5. The van der Waals surface area contributed by atoms with E-state index in [1.807, 2.05) is 13.8 Å². The molecule has 1 aliphatic heterocycles. The number of ether oxygens (including phenoxy) is 1. The Morgan fingerprint density at radius 1 is 1.28 bits per heavy atom. The Labute approximate surface area is 169 Å². The summed E-state index contributed by atoms with van der Waals surface area (Å²) in [7, 11) is 0. The van der Waals surface area contributed by atoms with Crippen LogP contribution in [0.5, 0.6) is 0 Å². The van der Waals surface area contributed by atoms with Gasteiger partial charge in [0, 0.05) is 37.6 Å². The number of halogens is 1. The van der Waals surface area contributed by atoms with Gasteiger partial charge < -0.3 is 14.5 Å². The molecule has 154 valence electrons. The van der Waals surface area contributed by atoms with Crippen molar-refractivity contribution >= 4 is 11.8 Å². The molecule has 0 spiro atoms. The van der Waals surface area contributed by atoms with E-state index < -0.39 is 6.10 Å². The molecule has 0 aliphatic carbocycles. The lowest BCUT2D eigenvalue weighted by Crippen LogP contribution is -2.40. The monoisotopic (exact) mass is 400 g/mol. The lowest BCUT2D eigenvalue weighted by atomic mass is 10.2. The predicted octanol–water partition coefficient (Wildman–Crippen LogP) is 2.14. The summed E-state index contributed by atoms with van der Waals surface area (Å²) >= 11 is 0. The Morgan fingerprint density at radius 2 is 2.07 bits per heavy atom. The van der Waals surface area contributed by atoms with Crippen LogP contribution in [0.1, 0.15) is 29.9 Å². The zero-order valence-corrected chi connectivity index (χ0v) is 16.6. The summed E-state index contributed by atoms with van der Waals surface area (Å²) in [5.41, 5.74) is 0.607. The van der Waals surface area contributed by atoms with Crippen molar-refractivity contribution in [3.05, 3.63) is 59.9 Å². The first-order chi connectivity index (χ1) is 13.9. The van der Waals surface area contributed by atoms with Crippen molar-refractivity contribution in [2.24, 2.45) is 5.92 Å². The second-order valence-electron chi connectivity index (χ2n) is 7.49. The molecule has 1 atom stereocenters. The quantitative estimate of drug-likeness (QED) is 0.743. The van der Waals surface area contributed by atoms with E-state index in [2.05, 4.69) is 9.97 Å². The molecular weight excluding hydrogens is 375 g/mol. The van der Waals surface area contributed by atoms with Crippen molar-refractivity contribution in [1.29, 1.82) is 0 Å². The minimum atomic E-state index is -0.444. The molecule has 2 amide bonds. The van der Waals surface area contributed by atoms with Crippen molar-refractivity contribution < 1.29 is 18.7 Å². The van der Waals surface area contributed by atoms with Crippen LogP contribution in [0, 0.1) is 11.7 Å². The van der Waals surface area contributed by atoms with Crippen LogP contribution >= 0.6 is 0 Å².